The van der Waals surface area contributed by atoms with Crippen LogP contribution in [-0.4, -0.2) is 81.7 Å². The molecule has 2 aromatic carbocycles. The molecule has 3 saturated heterocycles. The van der Waals surface area contributed by atoms with Gasteiger partial charge in [0, 0.05) is 63.7 Å². The molecule has 3 aliphatic rings. The largest absolute Gasteiger partial charge is 0.478 e. The fraction of sp³-hybridized carbons (Fsp3) is 0.406. The van der Waals surface area contributed by atoms with Crippen molar-refractivity contribution in [2.75, 3.05) is 32.8 Å². The van der Waals surface area contributed by atoms with Gasteiger partial charge in [0.05, 0.1) is 11.6 Å². The third kappa shape index (κ3) is 6.21. The van der Waals surface area contributed by atoms with Gasteiger partial charge in [-0.2, -0.15) is 0 Å². The Bertz CT molecular complexity index is 1320. The number of rotatable bonds is 8. The molecule has 0 radical (unpaired) electrons. The van der Waals surface area contributed by atoms with Crippen LogP contribution in [0.25, 0.3) is 0 Å². The second kappa shape index (κ2) is 12.3. The molecule has 0 unspecified atom stereocenters. The highest BCUT2D eigenvalue weighted by Gasteiger charge is 2.45. The van der Waals surface area contributed by atoms with Gasteiger partial charge in [-0.3, -0.25) is 4.90 Å². The minimum Gasteiger partial charge on any atom is -0.478 e. The monoisotopic (exact) mass is 556 g/mol. The number of carbonyl (C=O) groups excluding carboxylic acids is 1. The Kier molecular flexibility index (Phi) is 8.16. The molecular formula is C32H36N4O5. The van der Waals surface area contributed by atoms with Gasteiger partial charge in [0.25, 0.3) is 0 Å². The van der Waals surface area contributed by atoms with E-state index in [1.807, 2.05) is 24.4 Å². The Labute approximate surface area is 240 Å². The SMILES string of the molecule is O=C(O)c1ccc(Oc2ccc(CN3CCC(N4C(=O)N(C5CCOCC5)C[C@H]4c4ccccc4)CC3)cn2)cc1. The lowest BCUT2D eigenvalue weighted by Crippen LogP contribution is -2.48. The van der Waals surface area contributed by atoms with Crippen LogP contribution in [0, 0.1) is 0 Å². The van der Waals surface area contributed by atoms with Crippen molar-refractivity contribution in [2.45, 2.75) is 50.4 Å². The third-order valence-corrected chi connectivity index (χ3v) is 8.47. The molecule has 0 bridgehead atoms. The summed E-state index contributed by atoms with van der Waals surface area (Å²) in [7, 11) is 0. The number of nitrogens with zero attached hydrogens (tertiary/aromatic N) is 4. The summed E-state index contributed by atoms with van der Waals surface area (Å²) in [5.41, 5.74) is 2.52. The van der Waals surface area contributed by atoms with Gasteiger partial charge in [-0.15, -0.1) is 0 Å². The van der Waals surface area contributed by atoms with Gasteiger partial charge < -0.3 is 24.4 Å². The molecule has 214 valence electrons. The second-order valence-corrected chi connectivity index (χ2v) is 11.1. The Hall–Kier alpha value is -3.95. The molecule has 3 fully saturated rings. The van der Waals surface area contributed by atoms with Gasteiger partial charge in [0.1, 0.15) is 5.75 Å². The summed E-state index contributed by atoms with van der Waals surface area (Å²) in [6.07, 6.45) is 5.53. The van der Waals surface area contributed by atoms with E-state index in [4.69, 9.17) is 14.6 Å². The highest BCUT2D eigenvalue weighted by atomic mass is 16.5. The van der Waals surface area contributed by atoms with Crippen molar-refractivity contribution in [2.24, 2.45) is 0 Å². The molecule has 0 saturated carbocycles. The van der Waals surface area contributed by atoms with Crippen LogP contribution in [0.4, 0.5) is 4.79 Å². The van der Waals surface area contributed by atoms with Crippen molar-refractivity contribution in [3.05, 3.63) is 89.6 Å². The number of piperidine rings is 1. The fourth-order valence-electron chi connectivity index (χ4n) is 6.25. The molecule has 1 atom stereocenters. The van der Waals surface area contributed by atoms with Gasteiger partial charge in [0.15, 0.2) is 0 Å². The van der Waals surface area contributed by atoms with Crippen molar-refractivity contribution in [1.29, 1.82) is 0 Å². The van der Waals surface area contributed by atoms with Gasteiger partial charge in [-0.1, -0.05) is 36.4 Å². The number of likely N-dealkylation sites (tertiary alicyclic amines) is 1. The normalized spacial score (nSPS) is 20.9. The number of carboxylic acids is 1. The molecule has 0 aliphatic carbocycles. The quantitative estimate of drug-likeness (QED) is 0.408. The lowest BCUT2D eigenvalue weighted by Gasteiger charge is -2.39. The number of urea groups is 1. The second-order valence-electron chi connectivity index (χ2n) is 11.1. The van der Waals surface area contributed by atoms with E-state index in [9.17, 15) is 9.59 Å². The summed E-state index contributed by atoms with van der Waals surface area (Å²) in [4.78, 5) is 36.0. The highest BCUT2D eigenvalue weighted by molar-refractivity contribution is 5.87. The maximum absolute atomic E-state index is 13.8. The smallest absolute Gasteiger partial charge is 0.335 e. The zero-order valence-electron chi connectivity index (χ0n) is 23.1. The standard InChI is InChI=1S/C32H36N4O5/c37-31(38)25-7-9-28(10-8-25)41-30-11-6-23(20-33-30)21-34-16-12-27(13-17-34)36-29(24-4-2-1-3-5-24)22-35(32(36)39)26-14-18-40-19-15-26/h1-11,20,26-27,29H,12-19,21-22H2,(H,37,38)/t29-/m0/s1. The number of carboxylic acid groups (broad SMARTS) is 1. The van der Waals surface area contributed by atoms with Crippen molar-refractivity contribution >= 4 is 12.0 Å². The Morgan fingerprint density at radius 1 is 0.927 bits per heavy atom. The molecule has 2 amide bonds. The molecule has 1 aromatic heterocycles. The number of aromatic nitrogens is 1. The Morgan fingerprint density at radius 3 is 2.32 bits per heavy atom. The zero-order valence-corrected chi connectivity index (χ0v) is 23.1. The number of benzene rings is 2. The van der Waals surface area contributed by atoms with Crippen LogP contribution in [0.2, 0.25) is 0 Å². The summed E-state index contributed by atoms with van der Waals surface area (Å²) < 4.78 is 11.3. The number of amides is 2. The van der Waals surface area contributed by atoms with Crippen molar-refractivity contribution in [3.8, 4) is 11.6 Å². The van der Waals surface area contributed by atoms with Crippen LogP contribution >= 0.6 is 0 Å². The topological polar surface area (TPSA) is 95.4 Å². The van der Waals surface area contributed by atoms with Crippen molar-refractivity contribution < 1.29 is 24.2 Å². The minimum atomic E-state index is -0.969. The van der Waals surface area contributed by atoms with E-state index in [1.165, 1.54) is 17.7 Å². The van der Waals surface area contributed by atoms with E-state index >= 15 is 0 Å². The summed E-state index contributed by atoms with van der Waals surface area (Å²) in [6, 6.07) is 21.3. The van der Waals surface area contributed by atoms with E-state index in [-0.39, 0.29) is 29.7 Å². The van der Waals surface area contributed by atoms with E-state index < -0.39 is 5.97 Å². The summed E-state index contributed by atoms with van der Waals surface area (Å²) in [5.74, 6) is 0.0325. The Balaban J connectivity index is 1.06. The minimum absolute atomic E-state index is 0.0835. The lowest BCUT2D eigenvalue weighted by molar-refractivity contribution is 0.0493. The highest BCUT2D eigenvalue weighted by Crippen LogP contribution is 2.37. The van der Waals surface area contributed by atoms with E-state index in [0.717, 1.165) is 70.6 Å². The van der Waals surface area contributed by atoms with Gasteiger partial charge >= 0.3 is 12.0 Å². The predicted molar refractivity (Wildman–Crippen MR) is 153 cm³/mol. The van der Waals surface area contributed by atoms with E-state index in [1.54, 1.807) is 12.1 Å². The summed E-state index contributed by atoms with van der Waals surface area (Å²) in [5, 5.41) is 9.05. The first-order valence-corrected chi connectivity index (χ1v) is 14.5. The van der Waals surface area contributed by atoms with Gasteiger partial charge in [0.2, 0.25) is 5.88 Å². The van der Waals surface area contributed by atoms with Crippen LogP contribution in [0.1, 0.15) is 53.2 Å². The number of hydrogen-bond donors (Lipinski definition) is 1. The molecule has 9 nitrogen and oxygen atoms in total. The molecule has 3 aliphatic heterocycles. The van der Waals surface area contributed by atoms with Gasteiger partial charge in [-0.25, -0.2) is 14.6 Å². The molecule has 1 N–H and O–H groups in total. The first-order valence-electron chi connectivity index (χ1n) is 14.5. The van der Waals surface area contributed by atoms with Crippen molar-refractivity contribution in [1.82, 2.24) is 19.7 Å². The summed E-state index contributed by atoms with van der Waals surface area (Å²) >= 11 is 0. The van der Waals surface area contributed by atoms with E-state index in [2.05, 4.69) is 43.9 Å². The average Bonchev–Trinajstić information content (AvgIpc) is 3.36. The van der Waals surface area contributed by atoms with Crippen LogP contribution in [0.15, 0.2) is 72.9 Å². The molecule has 9 heteroatoms. The van der Waals surface area contributed by atoms with E-state index in [0.29, 0.717) is 11.6 Å². The molecule has 6 rings (SSSR count). The maximum atomic E-state index is 13.8. The van der Waals surface area contributed by atoms with Crippen LogP contribution in [0.5, 0.6) is 11.6 Å². The zero-order chi connectivity index (χ0) is 28.2. The number of pyridine rings is 1. The average molecular weight is 557 g/mol. The van der Waals surface area contributed by atoms with Crippen LogP contribution in [-0.2, 0) is 11.3 Å². The molecule has 41 heavy (non-hydrogen) atoms. The number of ether oxygens (including phenoxy) is 2. The Morgan fingerprint density at radius 2 is 1.66 bits per heavy atom. The first kappa shape index (κ1) is 27.2. The third-order valence-electron chi connectivity index (χ3n) is 8.47. The number of aromatic carboxylic acids is 1. The van der Waals surface area contributed by atoms with Crippen LogP contribution in [0.3, 0.4) is 0 Å². The van der Waals surface area contributed by atoms with Gasteiger partial charge in [-0.05, 0) is 61.1 Å². The van der Waals surface area contributed by atoms with Crippen LogP contribution < -0.4 is 4.74 Å². The fourth-order valence-corrected chi connectivity index (χ4v) is 6.25. The number of carbonyl (C=O) groups is 2. The molecule has 0 spiro atoms. The predicted octanol–water partition coefficient (Wildman–Crippen LogP) is 5.19. The lowest BCUT2D eigenvalue weighted by atomic mass is 9.99. The van der Waals surface area contributed by atoms with Crippen molar-refractivity contribution in [3.63, 3.8) is 0 Å². The molecule has 4 heterocycles. The number of hydrogen-bond acceptors (Lipinski definition) is 6. The molecule has 3 aromatic rings. The molecular weight excluding hydrogens is 520 g/mol. The first-order chi connectivity index (χ1) is 20.0. The summed E-state index contributed by atoms with van der Waals surface area (Å²) in [6.45, 7) is 4.83. The maximum Gasteiger partial charge on any atom is 0.335 e.